The molecule has 0 amide bonds. The van der Waals surface area contributed by atoms with Crippen LogP contribution in [0.15, 0.2) is 18.2 Å². The van der Waals surface area contributed by atoms with E-state index in [1.165, 1.54) is 17.5 Å². The Labute approximate surface area is 98.0 Å². The maximum atomic E-state index is 5.46. The third-order valence-electron chi connectivity index (χ3n) is 3.40. The highest BCUT2D eigenvalue weighted by molar-refractivity contribution is 5.39. The molecule has 0 spiro atoms. The van der Waals surface area contributed by atoms with Crippen LogP contribution in [-0.2, 0) is 0 Å². The normalized spacial score (nSPS) is 25.4. The van der Waals surface area contributed by atoms with Gasteiger partial charge in [0.15, 0.2) is 0 Å². The Morgan fingerprint density at radius 1 is 1.31 bits per heavy atom. The van der Waals surface area contributed by atoms with E-state index in [1.54, 1.807) is 7.11 Å². The highest BCUT2D eigenvalue weighted by Gasteiger charge is 2.22. The van der Waals surface area contributed by atoms with Crippen LogP contribution in [0.1, 0.15) is 30.4 Å². The third kappa shape index (κ3) is 2.38. The molecular weight excluding hydrogens is 198 g/mol. The van der Waals surface area contributed by atoms with E-state index in [9.17, 15) is 0 Å². The van der Waals surface area contributed by atoms with Gasteiger partial charge in [-0.2, -0.15) is 0 Å². The fraction of sp³-hybridized carbons (Fsp3) is 0.571. The molecule has 0 saturated carbocycles. The average molecular weight is 219 g/mol. The lowest BCUT2D eigenvalue weighted by Gasteiger charge is -2.29. The van der Waals surface area contributed by atoms with Crippen molar-refractivity contribution < 1.29 is 4.74 Å². The molecule has 2 nitrogen and oxygen atoms in total. The number of rotatable bonds is 2. The summed E-state index contributed by atoms with van der Waals surface area (Å²) in [6.07, 6.45) is 1.26. The second kappa shape index (κ2) is 4.88. The molecule has 1 saturated heterocycles. The Kier molecular flexibility index (Phi) is 3.49. The van der Waals surface area contributed by atoms with E-state index in [-0.39, 0.29) is 0 Å². The molecule has 2 rings (SSSR count). The first-order valence-electron chi connectivity index (χ1n) is 6.06. The summed E-state index contributed by atoms with van der Waals surface area (Å²) in [6.45, 7) is 6.67. The van der Waals surface area contributed by atoms with Crippen molar-refractivity contribution >= 4 is 0 Å². The van der Waals surface area contributed by atoms with Gasteiger partial charge >= 0.3 is 0 Å². The van der Waals surface area contributed by atoms with Gasteiger partial charge in [0.1, 0.15) is 5.75 Å². The van der Waals surface area contributed by atoms with E-state index in [4.69, 9.17) is 4.74 Å². The number of hydrogen-bond acceptors (Lipinski definition) is 2. The van der Waals surface area contributed by atoms with E-state index in [2.05, 4.69) is 37.4 Å². The van der Waals surface area contributed by atoms with Crippen LogP contribution in [0.4, 0.5) is 0 Å². The van der Waals surface area contributed by atoms with Gasteiger partial charge in [-0.1, -0.05) is 24.6 Å². The number of aryl methyl sites for hydroxylation is 1. The summed E-state index contributed by atoms with van der Waals surface area (Å²) in [5, 5.41) is 3.50. The highest BCUT2D eigenvalue weighted by atomic mass is 16.5. The van der Waals surface area contributed by atoms with Gasteiger partial charge in [0, 0.05) is 12.5 Å². The van der Waals surface area contributed by atoms with E-state index in [0.717, 1.165) is 24.8 Å². The van der Waals surface area contributed by atoms with E-state index in [1.807, 2.05) is 0 Å². The lowest BCUT2D eigenvalue weighted by atomic mass is 9.85. The summed E-state index contributed by atoms with van der Waals surface area (Å²) in [5.41, 5.74) is 2.68. The van der Waals surface area contributed by atoms with Crippen molar-refractivity contribution in [2.45, 2.75) is 26.2 Å². The maximum Gasteiger partial charge on any atom is 0.122 e. The molecule has 2 heteroatoms. The van der Waals surface area contributed by atoms with Gasteiger partial charge in [0.05, 0.1) is 7.11 Å². The van der Waals surface area contributed by atoms with Gasteiger partial charge in [-0.25, -0.2) is 0 Å². The topological polar surface area (TPSA) is 21.3 Å². The van der Waals surface area contributed by atoms with Gasteiger partial charge in [0.25, 0.3) is 0 Å². The van der Waals surface area contributed by atoms with Crippen LogP contribution < -0.4 is 10.1 Å². The molecule has 1 aromatic rings. The summed E-state index contributed by atoms with van der Waals surface area (Å²) in [6, 6.07) is 6.47. The number of nitrogens with one attached hydrogen (secondary N) is 1. The van der Waals surface area contributed by atoms with Crippen LogP contribution in [0.3, 0.4) is 0 Å². The van der Waals surface area contributed by atoms with Crippen LogP contribution in [0, 0.1) is 12.8 Å². The van der Waals surface area contributed by atoms with Crippen molar-refractivity contribution in [2.24, 2.45) is 5.92 Å². The minimum absolute atomic E-state index is 0.596. The van der Waals surface area contributed by atoms with Gasteiger partial charge in [0.2, 0.25) is 0 Å². The molecule has 0 aliphatic carbocycles. The third-order valence-corrected chi connectivity index (χ3v) is 3.40. The Morgan fingerprint density at radius 3 is 2.81 bits per heavy atom. The first kappa shape index (κ1) is 11.5. The minimum Gasteiger partial charge on any atom is -0.496 e. The van der Waals surface area contributed by atoms with Gasteiger partial charge in [-0.15, -0.1) is 0 Å². The van der Waals surface area contributed by atoms with Crippen molar-refractivity contribution in [1.82, 2.24) is 5.32 Å². The van der Waals surface area contributed by atoms with E-state index in [0.29, 0.717) is 5.92 Å². The van der Waals surface area contributed by atoms with Gasteiger partial charge < -0.3 is 10.1 Å². The molecule has 1 N–H and O–H groups in total. The summed E-state index contributed by atoms with van der Waals surface area (Å²) in [7, 11) is 1.76. The highest BCUT2D eigenvalue weighted by Crippen LogP contribution is 2.33. The average Bonchev–Trinajstić information content (AvgIpc) is 2.29. The Bertz CT molecular complexity index is 362. The largest absolute Gasteiger partial charge is 0.496 e. The fourth-order valence-electron chi connectivity index (χ4n) is 2.57. The molecule has 16 heavy (non-hydrogen) atoms. The zero-order valence-corrected chi connectivity index (χ0v) is 10.4. The summed E-state index contributed by atoms with van der Waals surface area (Å²) >= 11 is 0. The molecule has 0 bridgehead atoms. The summed E-state index contributed by atoms with van der Waals surface area (Å²) in [5.74, 6) is 2.38. The monoisotopic (exact) mass is 219 g/mol. The zero-order chi connectivity index (χ0) is 11.5. The Balaban J connectivity index is 2.26. The quantitative estimate of drug-likeness (QED) is 0.825. The molecule has 88 valence electrons. The molecule has 1 aliphatic rings. The van der Waals surface area contributed by atoms with Gasteiger partial charge in [-0.3, -0.25) is 0 Å². The molecule has 0 radical (unpaired) electrons. The summed E-state index contributed by atoms with van der Waals surface area (Å²) in [4.78, 5) is 0. The Morgan fingerprint density at radius 2 is 2.12 bits per heavy atom. The molecular formula is C14H21NO. The van der Waals surface area contributed by atoms with Crippen molar-refractivity contribution in [1.29, 1.82) is 0 Å². The van der Waals surface area contributed by atoms with E-state index >= 15 is 0 Å². The van der Waals surface area contributed by atoms with Crippen LogP contribution in [0.5, 0.6) is 5.75 Å². The number of piperidine rings is 1. The zero-order valence-electron chi connectivity index (χ0n) is 10.4. The molecule has 2 unspecified atom stereocenters. The second-order valence-corrected chi connectivity index (χ2v) is 4.94. The number of methoxy groups -OCH3 is 1. The molecule has 1 aliphatic heterocycles. The standard InChI is InChI=1S/C14H21NO/c1-10-4-5-14(16-3)13(7-10)12-6-11(2)8-15-9-12/h4-5,7,11-12,15H,6,8-9H2,1-3H3. The van der Waals surface area contributed by atoms with Crippen LogP contribution >= 0.6 is 0 Å². The Hall–Kier alpha value is -1.02. The van der Waals surface area contributed by atoms with Crippen molar-refractivity contribution in [3.05, 3.63) is 29.3 Å². The second-order valence-electron chi connectivity index (χ2n) is 4.94. The first-order chi connectivity index (χ1) is 7.70. The SMILES string of the molecule is COc1ccc(C)cc1C1CNCC(C)C1. The number of hydrogen-bond donors (Lipinski definition) is 1. The smallest absolute Gasteiger partial charge is 0.122 e. The molecule has 1 heterocycles. The fourth-order valence-corrected chi connectivity index (χ4v) is 2.57. The van der Waals surface area contributed by atoms with Crippen LogP contribution in [0.25, 0.3) is 0 Å². The number of ether oxygens (including phenoxy) is 1. The molecule has 0 aromatic heterocycles. The summed E-state index contributed by atoms with van der Waals surface area (Å²) < 4.78 is 5.46. The van der Waals surface area contributed by atoms with Crippen LogP contribution in [0.2, 0.25) is 0 Å². The minimum atomic E-state index is 0.596. The van der Waals surface area contributed by atoms with Gasteiger partial charge in [-0.05, 0) is 37.4 Å². The van der Waals surface area contributed by atoms with Crippen molar-refractivity contribution in [3.63, 3.8) is 0 Å². The lowest BCUT2D eigenvalue weighted by molar-refractivity contribution is 0.348. The first-order valence-corrected chi connectivity index (χ1v) is 6.06. The van der Waals surface area contributed by atoms with Crippen molar-refractivity contribution in [2.75, 3.05) is 20.2 Å². The maximum absolute atomic E-state index is 5.46. The number of benzene rings is 1. The molecule has 1 aromatic carbocycles. The van der Waals surface area contributed by atoms with Crippen molar-refractivity contribution in [3.8, 4) is 5.75 Å². The molecule has 1 fully saturated rings. The molecule has 2 atom stereocenters. The predicted molar refractivity (Wildman–Crippen MR) is 67.1 cm³/mol. The van der Waals surface area contributed by atoms with Crippen LogP contribution in [-0.4, -0.2) is 20.2 Å². The lowest BCUT2D eigenvalue weighted by Crippen LogP contribution is -2.33. The van der Waals surface area contributed by atoms with E-state index < -0.39 is 0 Å². The predicted octanol–water partition coefficient (Wildman–Crippen LogP) is 2.72.